The van der Waals surface area contributed by atoms with E-state index in [1.807, 2.05) is 11.8 Å². The van der Waals surface area contributed by atoms with Crippen LogP contribution in [0.2, 0.25) is 0 Å². The van der Waals surface area contributed by atoms with Gasteiger partial charge < -0.3 is 5.73 Å². The summed E-state index contributed by atoms with van der Waals surface area (Å²) in [5, 5.41) is 0. The molecule has 0 radical (unpaired) electrons. The Bertz CT molecular complexity index is 143. The average molecular weight is 188 g/mol. The number of nitrogens with zero attached hydrogens (tertiary/aromatic N) is 1. The molecule has 2 nitrogen and oxygen atoms in total. The molecule has 0 bridgehead atoms. The van der Waals surface area contributed by atoms with Crippen molar-refractivity contribution in [2.75, 3.05) is 11.5 Å². The van der Waals surface area contributed by atoms with Crippen molar-refractivity contribution < 1.29 is 0 Å². The summed E-state index contributed by atoms with van der Waals surface area (Å²) in [6.07, 6.45) is 0. The molecule has 0 aliphatic rings. The second kappa shape index (κ2) is 6.35. The Labute approximate surface area is 80.0 Å². The Balaban J connectivity index is 3.79. The van der Waals surface area contributed by atoms with Gasteiger partial charge in [0.1, 0.15) is 0 Å². The maximum absolute atomic E-state index is 5.73. The number of hydrogen-bond donors (Lipinski definition) is 1. The van der Waals surface area contributed by atoms with Crippen LogP contribution in [0.5, 0.6) is 0 Å². The van der Waals surface area contributed by atoms with Gasteiger partial charge in [0, 0.05) is 11.7 Å². The summed E-state index contributed by atoms with van der Waals surface area (Å²) >= 11 is 1.91. The summed E-state index contributed by atoms with van der Waals surface area (Å²) in [7, 11) is 0. The average Bonchev–Trinajstić information content (AvgIpc) is 2.00. The fraction of sp³-hybridized carbons (Fsp3) is 0.889. The summed E-state index contributed by atoms with van der Waals surface area (Å²) in [6, 6.07) is 0.359. The van der Waals surface area contributed by atoms with E-state index in [9.17, 15) is 0 Å². The summed E-state index contributed by atoms with van der Waals surface area (Å²) in [5.41, 5.74) is 5.73. The fourth-order valence-corrected chi connectivity index (χ4v) is 1.38. The minimum Gasteiger partial charge on any atom is -0.387 e. The molecule has 2 N–H and O–H groups in total. The van der Waals surface area contributed by atoms with E-state index < -0.39 is 0 Å². The standard InChI is InChI=1S/C9H20N2S/c1-5-12-6-8(4)11-9(10)7(2)3/h7-8H,5-6H2,1-4H3,(H2,10,11). The fourth-order valence-electron chi connectivity index (χ4n) is 0.729. The third kappa shape index (κ3) is 5.47. The highest BCUT2D eigenvalue weighted by Gasteiger charge is 2.02. The third-order valence-electron chi connectivity index (χ3n) is 1.52. The molecule has 0 saturated heterocycles. The first-order valence-corrected chi connectivity index (χ1v) is 5.64. The van der Waals surface area contributed by atoms with Crippen LogP contribution in [0.15, 0.2) is 4.99 Å². The normalized spacial score (nSPS) is 15.2. The van der Waals surface area contributed by atoms with Gasteiger partial charge in [-0.25, -0.2) is 0 Å². The van der Waals surface area contributed by atoms with Crippen LogP contribution in [-0.4, -0.2) is 23.4 Å². The second-order valence-electron chi connectivity index (χ2n) is 3.22. The minimum absolute atomic E-state index is 0.359. The molecule has 0 aliphatic carbocycles. The number of amidine groups is 1. The quantitative estimate of drug-likeness (QED) is 0.530. The lowest BCUT2D eigenvalue weighted by Gasteiger charge is -2.09. The number of hydrogen-bond acceptors (Lipinski definition) is 2. The van der Waals surface area contributed by atoms with E-state index in [4.69, 9.17) is 5.73 Å². The molecule has 0 amide bonds. The Morgan fingerprint density at radius 2 is 2.00 bits per heavy atom. The van der Waals surface area contributed by atoms with Crippen LogP contribution < -0.4 is 5.73 Å². The van der Waals surface area contributed by atoms with Gasteiger partial charge in [-0.1, -0.05) is 20.8 Å². The molecule has 12 heavy (non-hydrogen) atoms. The molecule has 0 saturated carbocycles. The second-order valence-corrected chi connectivity index (χ2v) is 4.54. The SMILES string of the molecule is CCSCC(C)N=C(N)C(C)C. The van der Waals surface area contributed by atoms with Gasteiger partial charge in [0.05, 0.1) is 11.9 Å². The van der Waals surface area contributed by atoms with Gasteiger partial charge in [-0.05, 0) is 12.7 Å². The van der Waals surface area contributed by atoms with Crippen molar-refractivity contribution in [3.05, 3.63) is 0 Å². The van der Waals surface area contributed by atoms with Gasteiger partial charge in [0.25, 0.3) is 0 Å². The molecule has 1 unspecified atom stereocenters. The van der Waals surface area contributed by atoms with Crippen LogP contribution in [0.4, 0.5) is 0 Å². The van der Waals surface area contributed by atoms with Crippen LogP contribution in [0, 0.1) is 5.92 Å². The smallest absolute Gasteiger partial charge is 0.0966 e. The molecular formula is C9H20N2S. The lowest BCUT2D eigenvalue weighted by Crippen LogP contribution is -2.21. The number of nitrogens with two attached hydrogens (primary N) is 1. The lowest BCUT2D eigenvalue weighted by molar-refractivity contribution is 0.798. The largest absolute Gasteiger partial charge is 0.387 e. The van der Waals surface area contributed by atoms with Gasteiger partial charge in [0.15, 0.2) is 0 Å². The van der Waals surface area contributed by atoms with Crippen molar-refractivity contribution >= 4 is 17.6 Å². The Kier molecular flexibility index (Phi) is 6.25. The van der Waals surface area contributed by atoms with Gasteiger partial charge in [-0.3, -0.25) is 4.99 Å². The first-order chi connectivity index (χ1) is 5.57. The van der Waals surface area contributed by atoms with Crippen molar-refractivity contribution in [2.24, 2.45) is 16.6 Å². The van der Waals surface area contributed by atoms with Gasteiger partial charge >= 0.3 is 0 Å². The van der Waals surface area contributed by atoms with Crippen molar-refractivity contribution in [2.45, 2.75) is 33.7 Å². The molecular weight excluding hydrogens is 168 g/mol. The van der Waals surface area contributed by atoms with Crippen LogP contribution in [0.1, 0.15) is 27.7 Å². The van der Waals surface area contributed by atoms with E-state index in [1.54, 1.807) is 0 Å². The van der Waals surface area contributed by atoms with Crippen LogP contribution in [-0.2, 0) is 0 Å². The zero-order valence-electron chi connectivity index (χ0n) is 8.50. The molecule has 0 heterocycles. The first-order valence-electron chi connectivity index (χ1n) is 4.48. The van der Waals surface area contributed by atoms with E-state index in [1.165, 1.54) is 0 Å². The van der Waals surface area contributed by atoms with E-state index >= 15 is 0 Å². The Morgan fingerprint density at radius 3 is 2.42 bits per heavy atom. The molecule has 0 rings (SSSR count). The van der Waals surface area contributed by atoms with Crippen molar-refractivity contribution in [3.63, 3.8) is 0 Å². The first kappa shape index (κ1) is 11.8. The van der Waals surface area contributed by atoms with Crippen LogP contribution in [0.3, 0.4) is 0 Å². The number of rotatable bonds is 5. The topological polar surface area (TPSA) is 38.4 Å². The zero-order valence-corrected chi connectivity index (χ0v) is 9.32. The number of aliphatic imine (C=N–C) groups is 1. The summed E-state index contributed by atoms with van der Waals surface area (Å²) in [6.45, 7) is 8.40. The van der Waals surface area contributed by atoms with E-state index in [0.29, 0.717) is 12.0 Å². The monoisotopic (exact) mass is 188 g/mol. The van der Waals surface area contributed by atoms with Crippen molar-refractivity contribution in [3.8, 4) is 0 Å². The highest BCUT2D eigenvalue weighted by molar-refractivity contribution is 7.99. The molecule has 0 aromatic carbocycles. The summed E-state index contributed by atoms with van der Waals surface area (Å²) in [4.78, 5) is 4.39. The maximum Gasteiger partial charge on any atom is 0.0966 e. The van der Waals surface area contributed by atoms with Crippen molar-refractivity contribution in [1.82, 2.24) is 0 Å². The zero-order chi connectivity index (χ0) is 9.56. The highest BCUT2D eigenvalue weighted by Crippen LogP contribution is 2.05. The van der Waals surface area contributed by atoms with Crippen molar-refractivity contribution in [1.29, 1.82) is 0 Å². The van der Waals surface area contributed by atoms with Crippen LogP contribution in [0.25, 0.3) is 0 Å². The number of thioether (sulfide) groups is 1. The highest BCUT2D eigenvalue weighted by atomic mass is 32.2. The lowest BCUT2D eigenvalue weighted by atomic mass is 10.2. The van der Waals surface area contributed by atoms with E-state index in [0.717, 1.165) is 17.3 Å². The molecule has 0 aromatic heterocycles. The Hall–Kier alpha value is -0.180. The van der Waals surface area contributed by atoms with Gasteiger partial charge in [-0.2, -0.15) is 11.8 Å². The predicted molar refractivity (Wildman–Crippen MR) is 58.9 cm³/mol. The Morgan fingerprint density at radius 1 is 1.42 bits per heavy atom. The minimum atomic E-state index is 0.359. The molecule has 1 atom stereocenters. The third-order valence-corrected chi connectivity index (χ3v) is 2.65. The predicted octanol–water partition coefficient (Wildman–Crippen LogP) is 2.14. The van der Waals surface area contributed by atoms with Crippen LogP contribution >= 0.6 is 11.8 Å². The molecule has 3 heteroatoms. The van der Waals surface area contributed by atoms with E-state index in [2.05, 4.69) is 32.7 Å². The molecule has 0 fully saturated rings. The van der Waals surface area contributed by atoms with Gasteiger partial charge in [-0.15, -0.1) is 0 Å². The summed E-state index contributed by atoms with van der Waals surface area (Å²) < 4.78 is 0. The van der Waals surface area contributed by atoms with Gasteiger partial charge in [0.2, 0.25) is 0 Å². The molecule has 0 aliphatic heterocycles. The summed E-state index contributed by atoms with van der Waals surface area (Å²) in [5.74, 6) is 3.38. The molecule has 0 aromatic rings. The molecule has 72 valence electrons. The maximum atomic E-state index is 5.73. The van der Waals surface area contributed by atoms with E-state index in [-0.39, 0.29) is 0 Å². The molecule has 0 spiro atoms.